The van der Waals surface area contributed by atoms with Crippen molar-refractivity contribution in [1.29, 1.82) is 0 Å². The summed E-state index contributed by atoms with van der Waals surface area (Å²) in [4.78, 5) is 15.5. The molecule has 2 heterocycles. The summed E-state index contributed by atoms with van der Waals surface area (Å²) in [6.45, 7) is 1.32. The standard InChI is InChI=1S/C18H16FN3O2/c1-11(23)24-18-16(12-3-5-14(19)6-4-12)15(17(20)22(18)2)13-7-9-21-10-8-13/h3-10H,20H2,1-2H3. The normalized spacial score (nSPS) is 10.6. The summed E-state index contributed by atoms with van der Waals surface area (Å²) in [7, 11) is 1.71. The molecule has 0 amide bonds. The van der Waals surface area contributed by atoms with Crippen molar-refractivity contribution in [2.45, 2.75) is 6.92 Å². The molecule has 3 rings (SSSR count). The van der Waals surface area contributed by atoms with Crippen LogP contribution in [0.15, 0.2) is 48.8 Å². The second kappa shape index (κ2) is 6.16. The lowest BCUT2D eigenvalue weighted by Gasteiger charge is -2.08. The first-order chi connectivity index (χ1) is 11.5. The summed E-state index contributed by atoms with van der Waals surface area (Å²) in [5.41, 5.74) is 9.13. The summed E-state index contributed by atoms with van der Waals surface area (Å²) < 4.78 is 20.3. The predicted octanol–water partition coefficient (Wildman–Crippen LogP) is 3.40. The van der Waals surface area contributed by atoms with E-state index in [0.29, 0.717) is 28.4 Å². The van der Waals surface area contributed by atoms with Gasteiger partial charge in [0.25, 0.3) is 0 Å². The molecule has 2 aromatic heterocycles. The summed E-state index contributed by atoms with van der Waals surface area (Å²) in [6, 6.07) is 9.59. The monoisotopic (exact) mass is 325 g/mol. The van der Waals surface area contributed by atoms with Gasteiger partial charge in [-0.15, -0.1) is 0 Å². The summed E-state index contributed by atoms with van der Waals surface area (Å²) in [5.74, 6) is -0.0439. The van der Waals surface area contributed by atoms with Gasteiger partial charge in [-0.05, 0) is 35.4 Å². The molecular formula is C18H16FN3O2. The summed E-state index contributed by atoms with van der Waals surface area (Å²) in [5, 5.41) is 0. The Morgan fingerprint density at radius 2 is 1.67 bits per heavy atom. The molecule has 0 fully saturated rings. The van der Waals surface area contributed by atoms with E-state index in [1.165, 1.54) is 19.1 Å². The third-order valence-electron chi connectivity index (χ3n) is 3.73. The molecule has 2 N–H and O–H groups in total. The van der Waals surface area contributed by atoms with Crippen molar-refractivity contribution in [1.82, 2.24) is 9.55 Å². The van der Waals surface area contributed by atoms with Crippen LogP contribution >= 0.6 is 0 Å². The number of hydrogen-bond acceptors (Lipinski definition) is 4. The first-order valence-corrected chi connectivity index (χ1v) is 7.32. The van der Waals surface area contributed by atoms with Crippen LogP contribution in [0.2, 0.25) is 0 Å². The topological polar surface area (TPSA) is 70.1 Å². The molecule has 0 bridgehead atoms. The minimum Gasteiger partial charge on any atom is -0.409 e. The van der Waals surface area contributed by atoms with Crippen molar-refractivity contribution in [3.63, 3.8) is 0 Å². The number of aromatic nitrogens is 2. The van der Waals surface area contributed by atoms with Gasteiger partial charge in [-0.2, -0.15) is 0 Å². The van der Waals surface area contributed by atoms with Gasteiger partial charge in [0.15, 0.2) is 0 Å². The number of benzene rings is 1. The van der Waals surface area contributed by atoms with E-state index in [2.05, 4.69) is 4.98 Å². The number of anilines is 1. The van der Waals surface area contributed by atoms with E-state index >= 15 is 0 Å². The molecule has 0 aliphatic heterocycles. The molecule has 0 aliphatic carbocycles. The smallest absolute Gasteiger partial charge is 0.309 e. The van der Waals surface area contributed by atoms with Crippen molar-refractivity contribution >= 4 is 11.8 Å². The highest BCUT2D eigenvalue weighted by atomic mass is 19.1. The van der Waals surface area contributed by atoms with Gasteiger partial charge in [0.1, 0.15) is 11.6 Å². The quantitative estimate of drug-likeness (QED) is 0.749. The van der Waals surface area contributed by atoms with E-state index in [4.69, 9.17) is 10.5 Å². The minimum atomic E-state index is -0.458. The lowest BCUT2D eigenvalue weighted by Crippen LogP contribution is -2.07. The van der Waals surface area contributed by atoms with Gasteiger partial charge in [-0.1, -0.05) is 12.1 Å². The van der Waals surface area contributed by atoms with E-state index < -0.39 is 5.97 Å². The Hall–Kier alpha value is -3.15. The lowest BCUT2D eigenvalue weighted by atomic mass is 9.98. The van der Waals surface area contributed by atoms with Crippen LogP contribution in [0.25, 0.3) is 22.3 Å². The maximum atomic E-state index is 13.3. The van der Waals surface area contributed by atoms with Gasteiger partial charge in [0, 0.05) is 31.9 Å². The SMILES string of the molecule is CC(=O)Oc1c(-c2ccc(F)cc2)c(-c2ccncc2)c(N)n1C. The zero-order valence-corrected chi connectivity index (χ0v) is 13.3. The van der Waals surface area contributed by atoms with E-state index in [1.807, 2.05) is 12.1 Å². The van der Waals surface area contributed by atoms with Gasteiger partial charge < -0.3 is 15.0 Å². The number of halogens is 1. The van der Waals surface area contributed by atoms with Gasteiger partial charge >= 0.3 is 5.97 Å². The highest BCUT2D eigenvalue weighted by Gasteiger charge is 2.24. The second-order valence-electron chi connectivity index (χ2n) is 5.34. The van der Waals surface area contributed by atoms with Crippen molar-refractivity contribution in [2.24, 2.45) is 7.05 Å². The van der Waals surface area contributed by atoms with Crippen LogP contribution in [0, 0.1) is 5.82 Å². The average Bonchev–Trinajstić information content (AvgIpc) is 2.81. The number of rotatable bonds is 3. The second-order valence-corrected chi connectivity index (χ2v) is 5.34. The van der Waals surface area contributed by atoms with Crippen molar-refractivity contribution in [3.8, 4) is 28.1 Å². The Kier molecular flexibility index (Phi) is 4.04. The number of nitrogen functional groups attached to an aromatic ring is 1. The number of hydrogen-bond donors (Lipinski definition) is 1. The first kappa shape index (κ1) is 15.7. The van der Waals surface area contributed by atoms with E-state index in [0.717, 1.165) is 5.56 Å². The highest BCUT2D eigenvalue weighted by molar-refractivity contribution is 5.95. The third-order valence-corrected chi connectivity index (χ3v) is 3.73. The molecule has 6 heteroatoms. The number of esters is 1. The Labute approximate surface area is 138 Å². The Bertz CT molecular complexity index is 887. The van der Waals surface area contributed by atoms with E-state index in [1.54, 1.807) is 36.1 Å². The maximum Gasteiger partial charge on any atom is 0.309 e. The van der Waals surface area contributed by atoms with Crippen molar-refractivity contribution in [2.75, 3.05) is 5.73 Å². The molecule has 122 valence electrons. The number of nitrogens with zero attached hydrogens (tertiary/aromatic N) is 2. The molecule has 0 saturated heterocycles. The van der Waals surface area contributed by atoms with Gasteiger partial charge in [0.05, 0.1) is 5.56 Å². The fraction of sp³-hybridized carbons (Fsp3) is 0.111. The molecule has 0 spiro atoms. The van der Waals surface area contributed by atoms with Crippen LogP contribution in [0.4, 0.5) is 10.2 Å². The van der Waals surface area contributed by atoms with Gasteiger partial charge in [-0.3, -0.25) is 9.78 Å². The molecular weight excluding hydrogens is 309 g/mol. The molecule has 1 aromatic carbocycles. The fourth-order valence-corrected chi connectivity index (χ4v) is 2.63. The largest absolute Gasteiger partial charge is 0.409 e. The van der Waals surface area contributed by atoms with Crippen molar-refractivity contribution < 1.29 is 13.9 Å². The molecule has 0 atom stereocenters. The van der Waals surface area contributed by atoms with Gasteiger partial charge in [0.2, 0.25) is 5.88 Å². The van der Waals surface area contributed by atoms with Crippen LogP contribution < -0.4 is 10.5 Å². The first-order valence-electron chi connectivity index (χ1n) is 7.32. The molecule has 3 aromatic rings. The van der Waals surface area contributed by atoms with Crippen LogP contribution in [-0.4, -0.2) is 15.5 Å². The zero-order valence-electron chi connectivity index (χ0n) is 13.3. The Balaban J connectivity index is 2.32. The van der Waals surface area contributed by atoms with E-state index in [9.17, 15) is 9.18 Å². The Morgan fingerprint density at radius 3 is 2.25 bits per heavy atom. The van der Waals surface area contributed by atoms with Crippen LogP contribution in [0.1, 0.15) is 6.92 Å². The summed E-state index contributed by atoms with van der Waals surface area (Å²) in [6.07, 6.45) is 3.31. The van der Waals surface area contributed by atoms with Crippen molar-refractivity contribution in [3.05, 3.63) is 54.6 Å². The number of ether oxygens (including phenoxy) is 1. The lowest BCUT2D eigenvalue weighted by molar-refractivity contribution is -0.132. The van der Waals surface area contributed by atoms with E-state index in [-0.39, 0.29) is 5.82 Å². The molecule has 0 aliphatic rings. The molecule has 0 unspecified atom stereocenters. The fourth-order valence-electron chi connectivity index (χ4n) is 2.63. The maximum absolute atomic E-state index is 13.3. The summed E-state index contributed by atoms with van der Waals surface area (Å²) >= 11 is 0. The zero-order chi connectivity index (χ0) is 17.3. The number of carbonyl (C=O) groups excluding carboxylic acids is 1. The van der Waals surface area contributed by atoms with Crippen LogP contribution in [0.3, 0.4) is 0 Å². The van der Waals surface area contributed by atoms with Crippen LogP contribution in [0.5, 0.6) is 5.88 Å². The molecule has 5 nitrogen and oxygen atoms in total. The number of carbonyl (C=O) groups is 1. The average molecular weight is 325 g/mol. The Morgan fingerprint density at radius 1 is 1.08 bits per heavy atom. The highest BCUT2D eigenvalue weighted by Crippen LogP contribution is 2.45. The molecule has 24 heavy (non-hydrogen) atoms. The number of nitrogens with two attached hydrogens (primary N) is 1. The molecule has 0 saturated carbocycles. The van der Waals surface area contributed by atoms with Crippen LogP contribution in [-0.2, 0) is 11.8 Å². The third kappa shape index (κ3) is 2.74. The minimum absolute atomic E-state index is 0.318. The number of pyridine rings is 1. The molecule has 0 radical (unpaired) electrons. The predicted molar refractivity (Wildman–Crippen MR) is 89.8 cm³/mol. The van der Waals surface area contributed by atoms with Gasteiger partial charge in [-0.25, -0.2) is 4.39 Å².